The number of carbonyl (C=O) groups excluding carboxylic acids is 1. The van der Waals surface area contributed by atoms with E-state index in [1.807, 2.05) is 46.8 Å². The summed E-state index contributed by atoms with van der Waals surface area (Å²) in [6, 6.07) is 8.54. The van der Waals surface area contributed by atoms with E-state index in [0.29, 0.717) is 24.8 Å². The Morgan fingerprint density at radius 3 is 2.64 bits per heavy atom. The molecule has 1 aliphatic heterocycles. The fourth-order valence-electron chi connectivity index (χ4n) is 5.25. The minimum Gasteiger partial charge on any atom is -0.335 e. The maximum atomic E-state index is 13.6. The van der Waals surface area contributed by atoms with Crippen LogP contribution in [0.3, 0.4) is 0 Å². The van der Waals surface area contributed by atoms with Gasteiger partial charge in [0.25, 0.3) is 5.91 Å². The normalized spacial score (nSPS) is 18.3. The number of aromatic nitrogens is 4. The van der Waals surface area contributed by atoms with Gasteiger partial charge in [-0.3, -0.25) is 14.6 Å². The molecular formula is C25H33N7O. The van der Waals surface area contributed by atoms with Crippen molar-refractivity contribution in [3.05, 3.63) is 60.1 Å². The Morgan fingerprint density at radius 1 is 1.06 bits per heavy atom. The highest BCUT2D eigenvalue weighted by atomic mass is 16.2. The Balaban J connectivity index is 1.31. The third kappa shape index (κ3) is 4.91. The van der Waals surface area contributed by atoms with E-state index in [9.17, 15) is 4.79 Å². The first kappa shape index (κ1) is 22.0. The highest BCUT2D eigenvalue weighted by Crippen LogP contribution is 2.24. The van der Waals surface area contributed by atoms with E-state index < -0.39 is 0 Å². The minimum atomic E-state index is 0.0485. The monoisotopic (exact) mass is 447 g/mol. The van der Waals surface area contributed by atoms with Gasteiger partial charge in [-0.1, -0.05) is 25.3 Å². The van der Waals surface area contributed by atoms with Crippen molar-refractivity contribution in [2.24, 2.45) is 0 Å². The molecule has 33 heavy (non-hydrogen) atoms. The quantitative estimate of drug-likeness (QED) is 0.579. The Kier molecular flexibility index (Phi) is 6.64. The van der Waals surface area contributed by atoms with Crippen LogP contribution >= 0.6 is 0 Å². The molecule has 5 rings (SSSR count). The van der Waals surface area contributed by atoms with Gasteiger partial charge in [0.15, 0.2) is 5.69 Å². The molecule has 0 radical (unpaired) electrons. The largest absolute Gasteiger partial charge is 0.335 e. The Bertz CT molecular complexity index is 1070. The SMILES string of the molecule is CN(Cc1ccncn1)Cc1c(C(=O)N2CCN(C3CCCCC3)CC2)nc2ccccn12. The average molecular weight is 448 g/mol. The maximum absolute atomic E-state index is 13.6. The number of nitrogens with zero attached hydrogens (tertiary/aromatic N) is 7. The van der Waals surface area contributed by atoms with E-state index in [1.165, 1.54) is 32.1 Å². The molecule has 3 aromatic heterocycles. The van der Waals surface area contributed by atoms with E-state index in [0.717, 1.165) is 43.2 Å². The third-order valence-electron chi connectivity index (χ3n) is 7.02. The van der Waals surface area contributed by atoms with Crippen LogP contribution in [-0.2, 0) is 13.1 Å². The molecule has 0 aromatic carbocycles. The highest BCUT2D eigenvalue weighted by molar-refractivity contribution is 5.94. The molecule has 1 saturated heterocycles. The first-order valence-corrected chi connectivity index (χ1v) is 12.1. The van der Waals surface area contributed by atoms with Crippen LogP contribution in [0.4, 0.5) is 0 Å². The molecule has 0 bridgehead atoms. The number of rotatable bonds is 6. The molecule has 1 saturated carbocycles. The molecule has 0 spiro atoms. The average Bonchev–Trinajstić information content (AvgIpc) is 3.23. The van der Waals surface area contributed by atoms with Crippen molar-refractivity contribution in [3.63, 3.8) is 0 Å². The van der Waals surface area contributed by atoms with Crippen molar-refractivity contribution in [1.82, 2.24) is 34.1 Å². The van der Waals surface area contributed by atoms with Gasteiger partial charge in [0.05, 0.1) is 11.4 Å². The topological polar surface area (TPSA) is 69.9 Å². The van der Waals surface area contributed by atoms with E-state index in [2.05, 4.69) is 19.8 Å². The van der Waals surface area contributed by atoms with Crippen molar-refractivity contribution in [1.29, 1.82) is 0 Å². The number of fused-ring (bicyclic) bond motifs is 1. The van der Waals surface area contributed by atoms with Crippen molar-refractivity contribution in [2.75, 3.05) is 33.2 Å². The van der Waals surface area contributed by atoms with Crippen molar-refractivity contribution >= 4 is 11.6 Å². The molecule has 8 nitrogen and oxygen atoms in total. The van der Waals surface area contributed by atoms with Crippen LogP contribution in [0.1, 0.15) is 54.0 Å². The van der Waals surface area contributed by atoms with Crippen molar-refractivity contribution in [2.45, 2.75) is 51.2 Å². The Hall–Kier alpha value is -2.84. The van der Waals surface area contributed by atoms with Crippen LogP contribution in [0, 0.1) is 0 Å². The lowest BCUT2D eigenvalue weighted by Crippen LogP contribution is -2.52. The van der Waals surface area contributed by atoms with Crippen LogP contribution in [0.2, 0.25) is 0 Å². The van der Waals surface area contributed by atoms with Crippen LogP contribution in [-0.4, -0.2) is 79.2 Å². The van der Waals surface area contributed by atoms with Crippen LogP contribution in [0.5, 0.6) is 0 Å². The lowest BCUT2D eigenvalue weighted by molar-refractivity contribution is 0.0517. The first-order valence-electron chi connectivity index (χ1n) is 12.1. The summed E-state index contributed by atoms with van der Waals surface area (Å²) in [6.45, 7) is 4.77. The molecule has 174 valence electrons. The second-order valence-electron chi connectivity index (χ2n) is 9.33. The van der Waals surface area contributed by atoms with Crippen LogP contribution in [0.15, 0.2) is 43.0 Å². The summed E-state index contributed by atoms with van der Waals surface area (Å²) < 4.78 is 2.04. The molecule has 2 aliphatic rings. The van der Waals surface area contributed by atoms with Gasteiger partial charge in [0.2, 0.25) is 0 Å². The van der Waals surface area contributed by atoms with E-state index in [4.69, 9.17) is 4.98 Å². The summed E-state index contributed by atoms with van der Waals surface area (Å²) in [4.78, 5) is 33.5. The van der Waals surface area contributed by atoms with Gasteiger partial charge in [-0.2, -0.15) is 0 Å². The molecule has 4 heterocycles. The molecule has 3 aromatic rings. The second kappa shape index (κ2) is 9.97. The molecule has 2 fully saturated rings. The number of hydrogen-bond donors (Lipinski definition) is 0. The molecule has 0 N–H and O–H groups in total. The number of imidazole rings is 1. The van der Waals surface area contributed by atoms with Gasteiger partial charge >= 0.3 is 0 Å². The number of amides is 1. The fourth-order valence-corrected chi connectivity index (χ4v) is 5.25. The van der Waals surface area contributed by atoms with Crippen LogP contribution in [0.25, 0.3) is 5.65 Å². The fraction of sp³-hybridized carbons (Fsp3) is 0.520. The summed E-state index contributed by atoms with van der Waals surface area (Å²) in [5.74, 6) is 0.0485. The summed E-state index contributed by atoms with van der Waals surface area (Å²) in [5, 5.41) is 0. The first-order chi connectivity index (χ1) is 16.2. The Labute approximate surface area is 195 Å². The predicted molar refractivity (Wildman–Crippen MR) is 127 cm³/mol. The summed E-state index contributed by atoms with van der Waals surface area (Å²) in [5.41, 5.74) is 3.27. The minimum absolute atomic E-state index is 0.0485. The smallest absolute Gasteiger partial charge is 0.274 e. The van der Waals surface area contributed by atoms with Gasteiger partial charge in [-0.15, -0.1) is 0 Å². The highest BCUT2D eigenvalue weighted by Gasteiger charge is 2.30. The number of piperazine rings is 1. The second-order valence-corrected chi connectivity index (χ2v) is 9.33. The van der Waals surface area contributed by atoms with Gasteiger partial charge in [0, 0.05) is 57.7 Å². The van der Waals surface area contributed by atoms with Crippen LogP contribution < -0.4 is 0 Å². The number of hydrogen-bond acceptors (Lipinski definition) is 6. The predicted octanol–water partition coefficient (Wildman–Crippen LogP) is 2.85. The third-order valence-corrected chi connectivity index (χ3v) is 7.02. The van der Waals surface area contributed by atoms with Crippen molar-refractivity contribution < 1.29 is 4.79 Å². The van der Waals surface area contributed by atoms with E-state index >= 15 is 0 Å². The molecule has 0 atom stereocenters. The summed E-state index contributed by atoms with van der Waals surface area (Å²) in [7, 11) is 2.04. The van der Waals surface area contributed by atoms with Gasteiger partial charge in [-0.25, -0.2) is 15.0 Å². The lowest BCUT2D eigenvalue weighted by atomic mass is 9.94. The lowest BCUT2D eigenvalue weighted by Gasteiger charge is -2.40. The van der Waals surface area contributed by atoms with E-state index in [1.54, 1.807) is 12.5 Å². The summed E-state index contributed by atoms with van der Waals surface area (Å²) >= 11 is 0. The zero-order chi connectivity index (χ0) is 22.6. The number of carbonyl (C=O) groups is 1. The zero-order valence-electron chi connectivity index (χ0n) is 19.4. The molecule has 1 amide bonds. The summed E-state index contributed by atoms with van der Waals surface area (Å²) in [6.07, 6.45) is 12.0. The van der Waals surface area contributed by atoms with Gasteiger partial charge in [0.1, 0.15) is 12.0 Å². The molecule has 8 heteroatoms. The number of pyridine rings is 1. The molecule has 1 aliphatic carbocycles. The molecular weight excluding hydrogens is 414 g/mol. The Morgan fingerprint density at radius 2 is 1.88 bits per heavy atom. The van der Waals surface area contributed by atoms with Crippen molar-refractivity contribution in [3.8, 4) is 0 Å². The maximum Gasteiger partial charge on any atom is 0.274 e. The standard InChI is InChI=1S/C25H33N7O/c1-29(17-20-10-11-26-19-27-20)18-22-24(28-23-9-5-6-12-32(22)23)25(33)31-15-13-30(14-16-31)21-7-3-2-4-8-21/h5-6,9-12,19,21H,2-4,7-8,13-18H2,1H3. The molecule has 0 unspecified atom stereocenters. The van der Waals surface area contributed by atoms with Gasteiger partial charge in [-0.05, 0) is 38.1 Å². The van der Waals surface area contributed by atoms with E-state index in [-0.39, 0.29) is 5.91 Å². The van der Waals surface area contributed by atoms with Gasteiger partial charge < -0.3 is 9.30 Å². The zero-order valence-corrected chi connectivity index (χ0v) is 19.4.